The number of hydrogen-bond donors (Lipinski definition) is 2. The highest BCUT2D eigenvalue weighted by Crippen LogP contribution is 2.45. The van der Waals surface area contributed by atoms with Crippen LogP contribution in [0, 0.1) is 23.6 Å². The number of nitrogens with two attached hydrogens (primary N) is 1. The van der Waals surface area contributed by atoms with E-state index in [1.54, 1.807) is 0 Å². The minimum absolute atomic E-state index is 0.174. The second-order valence-electron chi connectivity index (χ2n) is 5.94. The predicted octanol–water partition coefficient (Wildman–Crippen LogP) is 2.94. The Bertz CT molecular complexity index is 570. The second kappa shape index (κ2) is 4.93. The number of primary amides is 1. The Morgan fingerprint density at radius 3 is 2.80 bits per heavy atom. The molecule has 2 aliphatic carbocycles. The standard InChI is InChI=1S/C16H19FN2O/c1-9(13-7-10-2-3-11(13)6-10)19-15-8-12(16(18)20)4-5-14(15)17/h2-5,8-11,13,19H,6-7H2,1H3,(H2,18,20). The lowest BCUT2D eigenvalue weighted by atomic mass is 9.87. The monoisotopic (exact) mass is 274 g/mol. The van der Waals surface area contributed by atoms with Crippen LogP contribution in [0.5, 0.6) is 0 Å². The van der Waals surface area contributed by atoms with E-state index in [-0.39, 0.29) is 11.9 Å². The third kappa shape index (κ3) is 2.30. The van der Waals surface area contributed by atoms with E-state index in [1.807, 2.05) is 0 Å². The molecule has 0 aliphatic heterocycles. The van der Waals surface area contributed by atoms with Gasteiger partial charge in [-0.1, -0.05) is 12.2 Å². The molecule has 1 saturated carbocycles. The zero-order valence-corrected chi connectivity index (χ0v) is 11.5. The van der Waals surface area contributed by atoms with Crippen LogP contribution in [0.3, 0.4) is 0 Å². The summed E-state index contributed by atoms with van der Waals surface area (Å²) in [6.45, 7) is 2.08. The molecule has 106 valence electrons. The molecule has 0 heterocycles. The minimum Gasteiger partial charge on any atom is -0.380 e. The number of carbonyl (C=O) groups excluding carboxylic acids is 1. The molecule has 4 unspecified atom stereocenters. The number of rotatable bonds is 4. The van der Waals surface area contributed by atoms with Gasteiger partial charge in [0.05, 0.1) is 5.69 Å². The number of carbonyl (C=O) groups is 1. The number of hydrogen-bond acceptors (Lipinski definition) is 2. The highest BCUT2D eigenvalue weighted by Gasteiger charge is 2.38. The Morgan fingerprint density at radius 1 is 1.40 bits per heavy atom. The fourth-order valence-electron chi connectivity index (χ4n) is 3.54. The van der Waals surface area contributed by atoms with E-state index >= 15 is 0 Å². The first-order valence-corrected chi connectivity index (χ1v) is 7.09. The summed E-state index contributed by atoms with van der Waals surface area (Å²) in [6.07, 6.45) is 6.96. The van der Waals surface area contributed by atoms with Gasteiger partial charge in [-0.2, -0.15) is 0 Å². The third-order valence-corrected chi connectivity index (χ3v) is 4.61. The fourth-order valence-corrected chi connectivity index (χ4v) is 3.54. The van der Waals surface area contributed by atoms with E-state index in [2.05, 4.69) is 24.4 Å². The molecule has 2 aliphatic rings. The number of fused-ring (bicyclic) bond motifs is 2. The smallest absolute Gasteiger partial charge is 0.248 e. The molecule has 1 fully saturated rings. The zero-order chi connectivity index (χ0) is 14.3. The van der Waals surface area contributed by atoms with Crippen LogP contribution < -0.4 is 11.1 Å². The van der Waals surface area contributed by atoms with Gasteiger partial charge in [-0.25, -0.2) is 4.39 Å². The maximum atomic E-state index is 13.8. The Balaban J connectivity index is 1.75. The van der Waals surface area contributed by atoms with Crippen LogP contribution in [0.25, 0.3) is 0 Å². The number of amides is 1. The third-order valence-electron chi connectivity index (χ3n) is 4.61. The molecule has 4 heteroatoms. The van der Waals surface area contributed by atoms with Gasteiger partial charge in [0, 0.05) is 11.6 Å². The number of halogens is 1. The van der Waals surface area contributed by atoms with Crippen LogP contribution in [-0.2, 0) is 0 Å². The first kappa shape index (κ1) is 13.2. The van der Waals surface area contributed by atoms with Crippen molar-refractivity contribution in [2.45, 2.75) is 25.8 Å². The van der Waals surface area contributed by atoms with Crippen molar-refractivity contribution in [2.75, 3.05) is 5.32 Å². The van der Waals surface area contributed by atoms with Crippen molar-refractivity contribution >= 4 is 11.6 Å². The summed E-state index contributed by atoms with van der Waals surface area (Å²) >= 11 is 0. The molecular weight excluding hydrogens is 255 g/mol. The highest BCUT2D eigenvalue weighted by molar-refractivity contribution is 5.93. The average molecular weight is 274 g/mol. The minimum atomic E-state index is -0.538. The molecule has 3 nitrogen and oxygen atoms in total. The van der Waals surface area contributed by atoms with Gasteiger partial charge in [-0.15, -0.1) is 0 Å². The van der Waals surface area contributed by atoms with Gasteiger partial charge in [0.2, 0.25) is 5.91 Å². The largest absolute Gasteiger partial charge is 0.380 e. The number of nitrogens with one attached hydrogen (secondary N) is 1. The summed E-state index contributed by atoms with van der Waals surface area (Å²) in [5, 5.41) is 3.22. The van der Waals surface area contributed by atoms with Gasteiger partial charge in [-0.3, -0.25) is 4.79 Å². The molecule has 1 amide bonds. The maximum absolute atomic E-state index is 13.8. The van der Waals surface area contributed by atoms with Gasteiger partial charge in [-0.05, 0) is 55.7 Å². The summed E-state index contributed by atoms with van der Waals surface area (Å²) in [5.74, 6) is 0.937. The molecule has 1 aromatic rings. The topological polar surface area (TPSA) is 55.1 Å². The summed E-state index contributed by atoms with van der Waals surface area (Å²) in [5.41, 5.74) is 5.93. The van der Waals surface area contributed by atoms with Crippen LogP contribution >= 0.6 is 0 Å². The van der Waals surface area contributed by atoms with Crippen molar-refractivity contribution in [1.29, 1.82) is 0 Å². The summed E-state index contributed by atoms with van der Waals surface area (Å²) in [7, 11) is 0. The van der Waals surface area contributed by atoms with Crippen molar-refractivity contribution in [3.05, 3.63) is 41.7 Å². The molecule has 0 saturated heterocycles. The molecular formula is C16H19FN2O. The first-order chi connectivity index (χ1) is 9.54. The second-order valence-corrected chi connectivity index (χ2v) is 5.94. The number of anilines is 1. The van der Waals surface area contributed by atoms with Crippen molar-refractivity contribution in [2.24, 2.45) is 23.5 Å². The van der Waals surface area contributed by atoms with Gasteiger partial charge in [0.15, 0.2) is 0 Å². The van der Waals surface area contributed by atoms with Crippen molar-refractivity contribution < 1.29 is 9.18 Å². The molecule has 20 heavy (non-hydrogen) atoms. The van der Waals surface area contributed by atoms with Crippen LogP contribution in [0.1, 0.15) is 30.1 Å². The Labute approximate surface area is 118 Å². The summed E-state index contributed by atoms with van der Waals surface area (Å²) < 4.78 is 13.8. The van der Waals surface area contributed by atoms with Crippen molar-refractivity contribution in [3.63, 3.8) is 0 Å². The van der Waals surface area contributed by atoms with Gasteiger partial charge >= 0.3 is 0 Å². The Kier molecular flexibility index (Phi) is 3.24. The number of allylic oxidation sites excluding steroid dienone is 2. The molecule has 3 rings (SSSR count). The van der Waals surface area contributed by atoms with E-state index < -0.39 is 5.91 Å². The summed E-state index contributed by atoms with van der Waals surface area (Å²) in [4.78, 5) is 11.2. The molecule has 1 aromatic carbocycles. The lowest BCUT2D eigenvalue weighted by molar-refractivity contribution is 0.100. The Morgan fingerprint density at radius 2 is 2.20 bits per heavy atom. The van der Waals surface area contributed by atoms with Crippen LogP contribution in [-0.4, -0.2) is 11.9 Å². The molecule has 4 atom stereocenters. The van der Waals surface area contributed by atoms with Crippen LogP contribution in [0.15, 0.2) is 30.4 Å². The van der Waals surface area contributed by atoms with Crippen molar-refractivity contribution in [3.8, 4) is 0 Å². The fraction of sp³-hybridized carbons (Fsp3) is 0.438. The maximum Gasteiger partial charge on any atom is 0.248 e. The van der Waals surface area contributed by atoms with E-state index in [9.17, 15) is 9.18 Å². The predicted molar refractivity (Wildman–Crippen MR) is 76.8 cm³/mol. The Hall–Kier alpha value is -1.84. The van der Waals surface area contributed by atoms with E-state index in [0.29, 0.717) is 29.0 Å². The van der Waals surface area contributed by atoms with Crippen LogP contribution in [0.4, 0.5) is 10.1 Å². The quantitative estimate of drug-likeness (QED) is 0.829. The molecule has 2 bridgehead atoms. The normalized spacial score (nSPS) is 28.6. The van der Waals surface area contributed by atoms with E-state index in [1.165, 1.54) is 24.6 Å². The molecule has 0 aromatic heterocycles. The van der Waals surface area contributed by atoms with Gasteiger partial charge in [0.25, 0.3) is 0 Å². The van der Waals surface area contributed by atoms with Crippen LogP contribution in [0.2, 0.25) is 0 Å². The van der Waals surface area contributed by atoms with Crippen molar-refractivity contribution in [1.82, 2.24) is 0 Å². The van der Waals surface area contributed by atoms with Gasteiger partial charge in [0.1, 0.15) is 5.82 Å². The molecule has 0 radical (unpaired) electrons. The SMILES string of the molecule is CC(Nc1cc(C(N)=O)ccc1F)C1CC2C=CC1C2. The average Bonchev–Trinajstić information content (AvgIpc) is 3.03. The lowest BCUT2D eigenvalue weighted by Crippen LogP contribution is -2.29. The van der Waals surface area contributed by atoms with E-state index in [0.717, 1.165) is 6.42 Å². The number of benzene rings is 1. The molecule has 0 spiro atoms. The first-order valence-electron chi connectivity index (χ1n) is 7.09. The summed E-state index contributed by atoms with van der Waals surface area (Å²) in [6, 6.07) is 4.37. The van der Waals surface area contributed by atoms with Gasteiger partial charge < -0.3 is 11.1 Å². The highest BCUT2D eigenvalue weighted by atomic mass is 19.1. The molecule has 3 N–H and O–H groups in total. The van der Waals surface area contributed by atoms with E-state index in [4.69, 9.17) is 5.73 Å². The zero-order valence-electron chi connectivity index (χ0n) is 11.5. The lowest BCUT2D eigenvalue weighted by Gasteiger charge is -2.27.